The maximum absolute atomic E-state index is 11.9. The van der Waals surface area contributed by atoms with Gasteiger partial charge in [-0.1, -0.05) is 24.3 Å². The lowest BCUT2D eigenvalue weighted by Gasteiger charge is -2.23. The summed E-state index contributed by atoms with van der Waals surface area (Å²) in [6, 6.07) is 7.92. The van der Waals surface area contributed by atoms with Crippen molar-refractivity contribution in [1.29, 1.82) is 0 Å². The molecule has 0 bridgehead atoms. The van der Waals surface area contributed by atoms with Crippen molar-refractivity contribution >= 4 is 5.91 Å². The fourth-order valence-electron chi connectivity index (χ4n) is 2.06. The van der Waals surface area contributed by atoms with Crippen molar-refractivity contribution in [1.82, 2.24) is 10.6 Å². The Morgan fingerprint density at radius 2 is 2.26 bits per heavy atom. The van der Waals surface area contributed by atoms with E-state index >= 15 is 0 Å². The number of rotatable bonds is 5. The molecule has 0 radical (unpaired) electrons. The van der Waals surface area contributed by atoms with Gasteiger partial charge in [0.1, 0.15) is 6.10 Å². The van der Waals surface area contributed by atoms with Crippen LogP contribution < -0.4 is 10.6 Å². The van der Waals surface area contributed by atoms with Gasteiger partial charge >= 0.3 is 0 Å². The first-order valence-electron chi connectivity index (χ1n) is 6.47. The zero-order valence-corrected chi connectivity index (χ0v) is 11.1. The highest BCUT2D eigenvalue weighted by molar-refractivity contribution is 5.81. The number of methoxy groups -OCH3 is 1. The molecule has 1 fully saturated rings. The van der Waals surface area contributed by atoms with Crippen LogP contribution in [-0.2, 0) is 27.4 Å². The number of hydrogen-bond donors (Lipinski definition) is 2. The molecule has 5 nitrogen and oxygen atoms in total. The summed E-state index contributed by atoms with van der Waals surface area (Å²) >= 11 is 0. The lowest BCUT2D eigenvalue weighted by Crippen LogP contribution is -2.47. The normalized spacial score (nSPS) is 19.1. The van der Waals surface area contributed by atoms with Crippen LogP contribution in [0.5, 0.6) is 0 Å². The van der Waals surface area contributed by atoms with E-state index < -0.39 is 0 Å². The molecule has 0 aromatic heterocycles. The van der Waals surface area contributed by atoms with Crippen molar-refractivity contribution in [2.24, 2.45) is 0 Å². The molecule has 0 spiro atoms. The molecule has 1 aliphatic rings. The Hall–Kier alpha value is -1.43. The molecule has 1 atom stereocenters. The summed E-state index contributed by atoms with van der Waals surface area (Å²) in [6.45, 7) is 3.01. The first-order valence-corrected chi connectivity index (χ1v) is 6.47. The monoisotopic (exact) mass is 264 g/mol. The standard InChI is InChI=1S/C14H20N2O3/c1-18-10-12-5-3-2-4-11(12)8-16-14(17)13-9-15-6-7-19-13/h2-5,13,15H,6-10H2,1H3,(H,16,17)/t13-/m1/s1. The molecule has 19 heavy (non-hydrogen) atoms. The van der Waals surface area contributed by atoms with E-state index in [2.05, 4.69) is 10.6 Å². The third-order valence-corrected chi connectivity index (χ3v) is 3.09. The van der Waals surface area contributed by atoms with Gasteiger partial charge in [-0.15, -0.1) is 0 Å². The lowest BCUT2D eigenvalue weighted by molar-refractivity contribution is -0.134. The van der Waals surface area contributed by atoms with E-state index in [4.69, 9.17) is 9.47 Å². The second kappa shape index (κ2) is 7.23. The number of benzene rings is 1. The summed E-state index contributed by atoms with van der Waals surface area (Å²) in [5.41, 5.74) is 2.16. The molecule has 0 saturated carbocycles. The quantitative estimate of drug-likeness (QED) is 0.810. The van der Waals surface area contributed by atoms with Gasteiger partial charge in [0.05, 0.1) is 13.2 Å². The number of ether oxygens (including phenoxy) is 2. The number of nitrogens with one attached hydrogen (secondary N) is 2. The molecule has 1 aromatic carbocycles. The van der Waals surface area contributed by atoms with E-state index in [1.165, 1.54) is 0 Å². The highest BCUT2D eigenvalue weighted by Crippen LogP contribution is 2.09. The molecule has 104 valence electrons. The summed E-state index contributed by atoms with van der Waals surface area (Å²) in [5.74, 6) is -0.0700. The molecule has 2 rings (SSSR count). The molecule has 1 aromatic rings. The first kappa shape index (κ1) is 14.0. The van der Waals surface area contributed by atoms with Crippen molar-refractivity contribution in [2.75, 3.05) is 26.8 Å². The Labute approximate surface area is 113 Å². The summed E-state index contributed by atoms with van der Waals surface area (Å²) in [5, 5.41) is 6.05. The third kappa shape index (κ3) is 4.02. The third-order valence-electron chi connectivity index (χ3n) is 3.09. The average Bonchev–Trinajstić information content (AvgIpc) is 2.47. The van der Waals surface area contributed by atoms with Crippen LogP contribution in [-0.4, -0.2) is 38.8 Å². The minimum absolute atomic E-state index is 0.0700. The zero-order chi connectivity index (χ0) is 13.5. The zero-order valence-electron chi connectivity index (χ0n) is 11.1. The highest BCUT2D eigenvalue weighted by atomic mass is 16.5. The Morgan fingerprint density at radius 1 is 1.47 bits per heavy atom. The molecule has 1 saturated heterocycles. The number of hydrogen-bond acceptors (Lipinski definition) is 4. The fourth-order valence-corrected chi connectivity index (χ4v) is 2.06. The molecule has 0 aliphatic carbocycles. The second-order valence-electron chi connectivity index (χ2n) is 4.48. The van der Waals surface area contributed by atoms with Gasteiger partial charge in [-0.05, 0) is 11.1 Å². The molecule has 1 heterocycles. The van der Waals surface area contributed by atoms with E-state index in [1.807, 2.05) is 24.3 Å². The maximum atomic E-state index is 11.9. The van der Waals surface area contributed by atoms with Gasteiger partial charge < -0.3 is 20.1 Å². The van der Waals surface area contributed by atoms with Gasteiger partial charge in [0.15, 0.2) is 0 Å². The number of amides is 1. The second-order valence-corrected chi connectivity index (χ2v) is 4.48. The predicted octanol–water partition coefficient (Wildman–Crippen LogP) is 0.438. The molecule has 5 heteroatoms. The van der Waals surface area contributed by atoms with E-state index in [9.17, 15) is 4.79 Å². The van der Waals surface area contributed by atoms with Gasteiger partial charge in [-0.25, -0.2) is 0 Å². The van der Waals surface area contributed by atoms with Crippen LogP contribution in [0.3, 0.4) is 0 Å². The molecule has 1 aliphatic heterocycles. The Morgan fingerprint density at radius 3 is 2.95 bits per heavy atom. The van der Waals surface area contributed by atoms with Crippen LogP contribution in [0.2, 0.25) is 0 Å². The molecule has 0 unspecified atom stereocenters. The topological polar surface area (TPSA) is 59.6 Å². The largest absolute Gasteiger partial charge is 0.380 e. The fraction of sp³-hybridized carbons (Fsp3) is 0.500. The summed E-state index contributed by atoms with van der Waals surface area (Å²) in [7, 11) is 1.66. The SMILES string of the molecule is COCc1ccccc1CNC(=O)[C@H]1CNCCO1. The predicted molar refractivity (Wildman–Crippen MR) is 71.6 cm³/mol. The van der Waals surface area contributed by atoms with Gasteiger partial charge in [0, 0.05) is 26.7 Å². The van der Waals surface area contributed by atoms with Crippen LogP contribution in [0.15, 0.2) is 24.3 Å². The highest BCUT2D eigenvalue weighted by Gasteiger charge is 2.21. The van der Waals surface area contributed by atoms with Gasteiger partial charge in [0.25, 0.3) is 5.91 Å². The first-order chi connectivity index (χ1) is 9.31. The van der Waals surface area contributed by atoms with Gasteiger partial charge in [0.2, 0.25) is 0 Å². The lowest BCUT2D eigenvalue weighted by atomic mass is 10.1. The van der Waals surface area contributed by atoms with Crippen LogP contribution in [0, 0.1) is 0 Å². The van der Waals surface area contributed by atoms with Crippen molar-refractivity contribution in [3.8, 4) is 0 Å². The van der Waals surface area contributed by atoms with Gasteiger partial charge in [-0.2, -0.15) is 0 Å². The van der Waals surface area contributed by atoms with E-state index in [0.717, 1.165) is 17.7 Å². The van der Waals surface area contributed by atoms with Crippen LogP contribution >= 0.6 is 0 Å². The van der Waals surface area contributed by atoms with Crippen LogP contribution in [0.4, 0.5) is 0 Å². The Balaban J connectivity index is 1.89. The minimum Gasteiger partial charge on any atom is -0.380 e. The van der Waals surface area contributed by atoms with Crippen molar-refractivity contribution < 1.29 is 14.3 Å². The smallest absolute Gasteiger partial charge is 0.250 e. The van der Waals surface area contributed by atoms with Crippen LogP contribution in [0.1, 0.15) is 11.1 Å². The summed E-state index contributed by atoms with van der Waals surface area (Å²) in [4.78, 5) is 11.9. The molecule has 2 N–H and O–H groups in total. The number of carbonyl (C=O) groups excluding carboxylic acids is 1. The van der Waals surface area contributed by atoms with Crippen molar-refractivity contribution in [3.05, 3.63) is 35.4 Å². The molecule has 1 amide bonds. The number of carbonyl (C=O) groups is 1. The minimum atomic E-state index is -0.386. The summed E-state index contributed by atoms with van der Waals surface area (Å²) < 4.78 is 10.6. The van der Waals surface area contributed by atoms with Crippen molar-refractivity contribution in [3.63, 3.8) is 0 Å². The van der Waals surface area contributed by atoms with Crippen LogP contribution in [0.25, 0.3) is 0 Å². The number of morpholine rings is 1. The van der Waals surface area contributed by atoms with E-state index in [-0.39, 0.29) is 12.0 Å². The molecular weight excluding hydrogens is 244 g/mol. The van der Waals surface area contributed by atoms with E-state index in [1.54, 1.807) is 7.11 Å². The molecular formula is C14H20N2O3. The van der Waals surface area contributed by atoms with Gasteiger partial charge in [-0.3, -0.25) is 4.79 Å². The van der Waals surface area contributed by atoms with Crippen molar-refractivity contribution in [2.45, 2.75) is 19.3 Å². The van der Waals surface area contributed by atoms with E-state index in [0.29, 0.717) is 26.3 Å². The maximum Gasteiger partial charge on any atom is 0.250 e. The summed E-state index contributed by atoms with van der Waals surface area (Å²) in [6.07, 6.45) is -0.386. The Bertz CT molecular complexity index is 417. The average molecular weight is 264 g/mol. The Kier molecular flexibility index (Phi) is 5.32.